The molecule has 0 bridgehead atoms. The van der Waals surface area contributed by atoms with Crippen LogP contribution < -0.4 is 0 Å². The first-order chi connectivity index (χ1) is 37.6. The summed E-state index contributed by atoms with van der Waals surface area (Å²) in [5.74, 6) is -3.23. The quantitative estimate of drug-likeness (QED) is 0.0228. The standard InChI is InChI=1S/C65H106O12/c1-4-7-10-13-16-19-22-25-28-29-32-33-36-39-42-45-48-51-57(66)73-54-56(75-58(67)52-49-46-43-40-37-34-30-26-23-20-17-14-11-8-5-2)55-74-65-63(61(70)60(69)62(77-65)64(71)72)76-59(68)53-50-47-44-41-38-35-31-27-24-21-18-15-12-9-6-3/h7,10,16,18-19,21,25-28,30-33,39,42,56,60-63,65,69-70H,4-6,8-9,11-15,17,20,22-24,29,34-38,40-41,43-55H2,1-3H3,(H,71,72)/b10-7-,19-16-,21-18-,28-25-,30-26-,31-27-,33-32-,42-39-. The Morgan fingerprint density at radius 2 is 0.831 bits per heavy atom. The zero-order valence-corrected chi connectivity index (χ0v) is 48.2. The van der Waals surface area contributed by atoms with Crippen LogP contribution in [0.1, 0.15) is 239 Å². The van der Waals surface area contributed by atoms with Gasteiger partial charge in [0.2, 0.25) is 0 Å². The highest BCUT2D eigenvalue weighted by molar-refractivity contribution is 5.74. The minimum Gasteiger partial charge on any atom is -0.479 e. The average Bonchev–Trinajstić information content (AvgIpc) is 3.42. The van der Waals surface area contributed by atoms with Crippen LogP contribution in [0.5, 0.6) is 0 Å². The van der Waals surface area contributed by atoms with Gasteiger partial charge in [-0.15, -0.1) is 0 Å². The molecule has 1 heterocycles. The lowest BCUT2D eigenvalue weighted by atomic mass is 9.98. The van der Waals surface area contributed by atoms with Crippen molar-refractivity contribution in [2.75, 3.05) is 13.2 Å². The number of unbranched alkanes of at least 4 members (excludes halogenated alkanes) is 20. The Hall–Kier alpha value is -4.36. The van der Waals surface area contributed by atoms with Gasteiger partial charge in [-0.2, -0.15) is 0 Å². The van der Waals surface area contributed by atoms with Gasteiger partial charge in [0.15, 0.2) is 24.6 Å². The predicted molar refractivity (Wildman–Crippen MR) is 312 cm³/mol. The van der Waals surface area contributed by atoms with E-state index >= 15 is 0 Å². The third-order valence-corrected chi connectivity index (χ3v) is 13.1. The van der Waals surface area contributed by atoms with Crippen molar-refractivity contribution < 1.29 is 58.2 Å². The first-order valence-corrected chi connectivity index (χ1v) is 30.2. The molecule has 1 aliphatic heterocycles. The predicted octanol–water partition coefficient (Wildman–Crippen LogP) is 15.7. The number of ether oxygens (including phenoxy) is 5. The number of aliphatic carboxylic acids is 1. The molecule has 0 spiro atoms. The van der Waals surface area contributed by atoms with E-state index in [9.17, 15) is 34.5 Å². The summed E-state index contributed by atoms with van der Waals surface area (Å²) < 4.78 is 28.4. The van der Waals surface area contributed by atoms with Gasteiger partial charge >= 0.3 is 23.9 Å². The molecule has 6 atom stereocenters. The highest BCUT2D eigenvalue weighted by atomic mass is 16.7. The van der Waals surface area contributed by atoms with E-state index in [1.165, 1.54) is 57.8 Å². The summed E-state index contributed by atoms with van der Waals surface area (Å²) in [6.07, 6.45) is 56.6. The Bertz CT molecular complexity index is 1710. The number of carbonyl (C=O) groups excluding carboxylic acids is 3. The van der Waals surface area contributed by atoms with Crippen molar-refractivity contribution >= 4 is 23.9 Å². The second kappa shape index (κ2) is 52.3. The van der Waals surface area contributed by atoms with Crippen LogP contribution >= 0.6 is 0 Å². The first-order valence-electron chi connectivity index (χ1n) is 30.2. The molecule has 1 aliphatic rings. The number of allylic oxidation sites excluding steroid dienone is 16. The van der Waals surface area contributed by atoms with Gasteiger partial charge < -0.3 is 39.0 Å². The number of aliphatic hydroxyl groups is 2. The normalized spacial score (nSPS) is 18.7. The maximum Gasteiger partial charge on any atom is 0.335 e. The monoisotopic (exact) mass is 1080 g/mol. The SMILES string of the molecule is CC/C=C\C/C=C\C/C=C\C/C=C\C/C=C\CCCC(=O)OCC(COC1OC(C(=O)O)C(O)C(O)C1OC(=O)CCCCCCC/C=C\C/C=C\CCCCC)OC(=O)CCCCCCC/C=C\CCCCCCCC. The summed E-state index contributed by atoms with van der Waals surface area (Å²) >= 11 is 0. The first kappa shape index (κ1) is 70.7. The summed E-state index contributed by atoms with van der Waals surface area (Å²) in [4.78, 5) is 51.1. The van der Waals surface area contributed by atoms with Crippen molar-refractivity contribution in [3.63, 3.8) is 0 Å². The Morgan fingerprint density at radius 3 is 1.32 bits per heavy atom. The van der Waals surface area contributed by atoms with Crippen LogP contribution in [0.4, 0.5) is 0 Å². The van der Waals surface area contributed by atoms with Crippen LogP contribution in [-0.2, 0) is 42.9 Å². The molecule has 6 unspecified atom stereocenters. The van der Waals surface area contributed by atoms with E-state index in [2.05, 4.69) is 112 Å². The molecule has 1 rings (SSSR count). The fourth-order valence-electron chi connectivity index (χ4n) is 8.49. The molecule has 77 heavy (non-hydrogen) atoms. The van der Waals surface area contributed by atoms with Crippen LogP contribution in [0, 0.1) is 0 Å². The van der Waals surface area contributed by atoms with E-state index in [-0.39, 0.29) is 25.9 Å². The van der Waals surface area contributed by atoms with E-state index in [0.29, 0.717) is 25.7 Å². The molecule has 0 aromatic rings. The Labute approximate surface area is 466 Å². The number of esters is 3. The largest absolute Gasteiger partial charge is 0.479 e. The third kappa shape index (κ3) is 42.3. The number of hydrogen-bond acceptors (Lipinski definition) is 11. The lowest BCUT2D eigenvalue weighted by Crippen LogP contribution is -2.61. The molecule has 12 nitrogen and oxygen atoms in total. The number of hydrogen-bond donors (Lipinski definition) is 3. The van der Waals surface area contributed by atoms with Crippen LogP contribution in [0.25, 0.3) is 0 Å². The number of rotatable bonds is 50. The van der Waals surface area contributed by atoms with E-state index in [1.54, 1.807) is 0 Å². The van der Waals surface area contributed by atoms with Crippen LogP contribution in [-0.4, -0.2) is 89.2 Å². The average molecular weight is 1080 g/mol. The molecule has 12 heteroatoms. The second-order valence-corrected chi connectivity index (χ2v) is 20.2. The second-order valence-electron chi connectivity index (χ2n) is 20.2. The van der Waals surface area contributed by atoms with Gasteiger partial charge in [-0.1, -0.05) is 201 Å². The highest BCUT2D eigenvalue weighted by Crippen LogP contribution is 2.26. The van der Waals surface area contributed by atoms with E-state index in [4.69, 9.17) is 23.7 Å². The minimum absolute atomic E-state index is 0.0342. The maximum atomic E-state index is 13.2. The van der Waals surface area contributed by atoms with Crippen molar-refractivity contribution in [2.24, 2.45) is 0 Å². The maximum absolute atomic E-state index is 13.2. The van der Waals surface area contributed by atoms with Gasteiger partial charge in [0.25, 0.3) is 0 Å². The summed E-state index contributed by atoms with van der Waals surface area (Å²) in [6, 6.07) is 0. The molecule has 0 aromatic heterocycles. The topological polar surface area (TPSA) is 175 Å². The number of carboxylic acids is 1. The highest BCUT2D eigenvalue weighted by Gasteiger charge is 2.50. The van der Waals surface area contributed by atoms with Crippen molar-refractivity contribution in [2.45, 2.75) is 276 Å². The van der Waals surface area contributed by atoms with Crippen molar-refractivity contribution in [3.05, 3.63) is 97.2 Å². The molecule has 0 aliphatic carbocycles. The molecular formula is C65H106O12. The van der Waals surface area contributed by atoms with Crippen LogP contribution in [0.15, 0.2) is 97.2 Å². The summed E-state index contributed by atoms with van der Waals surface area (Å²) in [5.41, 5.74) is 0. The smallest absolute Gasteiger partial charge is 0.335 e. The Kier molecular flexibility index (Phi) is 48.0. The van der Waals surface area contributed by atoms with Gasteiger partial charge in [0.05, 0.1) is 6.61 Å². The van der Waals surface area contributed by atoms with E-state index in [0.717, 1.165) is 116 Å². The molecule has 1 fully saturated rings. The number of carbonyl (C=O) groups is 4. The lowest BCUT2D eigenvalue weighted by Gasteiger charge is -2.40. The zero-order chi connectivity index (χ0) is 56.1. The molecule has 0 amide bonds. The molecular weight excluding hydrogens is 973 g/mol. The van der Waals surface area contributed by atoms with Crippen molar-refractivity contribution in [3.8, 4) is 0 Å². The molecule has 0 saturated carbocycles. The number of carboxylic acid groups (broad SMARTS) is 1. The van der Waals surface area contributed by atoms with Gasteiger partial charge in [0.1, 0.15) is 18.8 Å². The molecule has 1 saturated heterocycles. The van der Waals surface area contributed by atoms with Gasteiger partial charge in [0, 0.05) is 19.3 Å². The van der Waals surface area contributed by atoms with Gasteiger partial charge in [-0.05, 0) is 116 Å². The van der Waals surface area contributed by atoms with E-state index < -0.39 is 67.3 Å². The fourth-order valence-corrected chi connectivity index (χ4v) is 8.49. The minimum atomic E-state index is -1.92. The Morgan fingerprint density at radius 1 is 0.442 bits per heavy atom. The van der Waals surface area contributed by atoms with Gasteiger partial charge in [-0.3, -0.25) is 14.4 Å². The van der Waals surface area contributed by atoms with Crippen molar-refractivity contribution in [1.29, 1.82) is 0 Å². The van der Waals surface area contributed by atoms with E-state index in [1.807, 2.05) is 6.08 Å². The lowest BCUT2D eigenvalue weighted by molar-refractivity contribution is -0.301. The summed E-state index contributed by atoms with van der Waals surface area (Å²) in [5, 5.41) is 31.5. The van der Waals surface area contributed by atoms with Crippen LogP contribution in [0.3, 0.4) is 0 Å². The molecule has 0 aromatic carbocycles. The summed E-state index contributed by atoms with van der Waals surface area (Å²) in [6.45, 7) is 5.78. The van der Waals surface area contributed by atoms with Crippen molar-refractivity contribution in [1.82, 2.24) is 0 Å². The third-order valence-electron chi connectivity index (χ3n) is 13.1. The molecule has 3 N–H and O–H groups in total. The Balaban J connectivity index is 2.75. The van der Waals surface area contributed by atoms with Gasteiger partial charge in [-0.25, -0.2) is 4.79 Å². The molecule has 438 valence electrons. The number of aliphatic hydroxyl groups excluding tert-OH is 2. The fraction of sp³-hybridized carbons (Fsp3) is 0.692. The molecule has 0 radical (unpaired) electrons. The van der Waals surface area contributed by atoms with Crippen LogP contribution in [0.2, 0.25) is 0 Å². The summed E-state index contributed by atoms with van der Waals surface area (Å²) in [7, 11) is 0. The zero-order valence-electron chi connectivity index (χ0n) is 48.2.